The molecule has 0 aromatic heterocycles. The van der Waals surface area contributed by atoms with Crippen LogP contribution >= 0.6 is 0 Å². The number of hydrogen-bond acceptors (Lipinski definition) is 2. The molecule has 0 saturated heterocycles. The number of unbranched alkanes of at least 4 members (excludes halogenated alkanes) is 14. The van der Waals surface area contributed by atoms with Crippen molar-refractivity contribution in [3.63, 3.8) is 0 Å². The van der Waals surface area contributed by atoms with Crippen molar-refractivity contribution >= 4 is 5.97 Å². The fourth-order valence-electron chi connectivity index (χ4n) is 5.57. The Morgan fingerprint density at radius 1 is 0.658 bits per heavy atom. The number of phenols is 1. The van der Waals surface area contributed by atoms with E-state index in [1.54, 1.807) is 0 Å². The molecule has 0 radical (unpaired) electrons. The number of rotatable bonds is 20. The molecular formula is C35H62O3. The van der Waals surface area contributed by atoms with Crippen LogP contribution in [0.3, 0.4) is 0 Å². The van der Waals surface area contributed by atoms with Crippen molar-refractivity contribution in [1.29, 1.82) is 0 Å². The summed E-state index contributed by atoms with van der Waals surface area (Å²) in [5.41, 5.74) is 2.79. The standard InChI is InChI=1S/C35H62O3/c1-8-9-10-11-12-13-14-15-16-17-18-19-20-21-22-23-28(24-25-32(36)37)29-26-30(34(2,3)4)33(38)31(27-29)35(5,6)7/h26-28,38H,8-25H2,1-7H3,(H,36,37). The number of phenolic OH excluding ortho intramolecular Hbond substituents is 1. The summed E-state index contributed by atoms with van der Waals surface area (Å²) in [4.78, 5) is 11.4. The molecule has 220 valence electrons. The molecule has 0 aliphatic rings. The predicted molar refractivity (Wildman–Crippen MR) is 165 cm³/mol. The van der Waals surface area contributed by atoms with Gasteiger partial charge in [-0.25, -0.2) is 0 Å². The number of carboxylic acid groups (broad SMARTS) is 1. The highest BCUT2D eigenvalue weighted by molar-refractivity contribution is 5.66. The van der Waals surface area contributed by atoms with E-state index in [9.17, 15) is 15.0 Å². The van der Waals surface area contributed by atoms with Crippen molar-refractivity contribution in [2.24, 2.45) is 0 Å². The lowest BCUT2D eigenvalue weighted by Crippen LogP contribution is -2.18. The van der Waals surface area contributed by atoms with Crippen molar-refractivity contribution in [2.75, 3.05) is 0 Å². The maximum absolute atomic E-state index is 11.4. The van der Waals surface area contributed by atoms with Gasteiger partial charge in [-0.1, -0.05) is 157 Å². The van der Waals surface area contributed by atoms with Crippen LogP contribution in [0.5, 0.6) is 5.75 Å². The van der Waals surface area contributed by atoms with Gasteiger partial charge >= 0.3 is 5.97 Å². The molecule has 0 aliphatic carbocycles. The van der Waals surface area contributed by atoms with Crippen molar-refractivity contribution < 1.29 is 15.0 Å². The Morgan fingerprint density at radius 3 is 1.37 bits per heavy atom. The van der Waals surface area contributed by atoms with Gasteiger partial charge in [0.2, 0.25) is 0 Å². The van der Waals surface area contributed by atoms with E-state index in [0.29, 0.717) is 12.2 Å². The Labute approximate surface area is 236 Å². The lowest BCUT2D eigenvalue weighted by Gasteiger charge is -2.30. The van der Waals surface area contributed by atoms with Gasteiger partial charge in [-0.3, -0.25) is 4.79 Å². The molecule has 1 atom stereocenters. The van der Waals surface area contributed by atoms with Crippen LogP contribution in [0.25, 0.3) is 0 Å². The summed E-state index contributed by atoms with van der Waals surface area (Å²) in [6.45, 7) is 15.1. The largest absolute Gasteiger partial charge is 0.507 e. The summed E-state index contributed by atoms with van der Waals surface area (Å²) in [7, 11) is 0. The third-order valence-corrected chi connectivity index (χ3v) is 8.08. The first-order chi connectivity index (χ1) is 17.9. The van der Waals surface area contributed by atoms with Crippen molar-refractivity contribution in [3.8, 4) is 5.75 Å². The van der Waals surface area contributed by atoms with Gasteiger partial charge < -0.3 is 10.2 Å². The highest BCUT2D eigenvalue weighted by Crippen LogP contribution is 2.42. The highest BCUT2D eigenvalue weighted by atomic mass is 16.4. The average molecular weight is 531 g/mol. The molecule has 1 aromatic carbocycles. The first-order valence-electron chi connectivity index (χ1n) is 16.0. The molecule has 2 N–H and O–H groups in total. The Kier molecular flexibility index (Phi) is 16.3. The second-order valence-electron chi connectivity index (χ2n) is 13.8. The Balaban J connectivity index is 2.54. The van der Waals surface area contributed by atoms with Crippen LogP contribution in [0.4, 0.5) is 0 Å². The minimum atomic E-state index is -0.725. The Morgan fingerprint density at radius 2 is 1.03 bits per heavy atom. The van der Waals surface area contributed by atoms with E-state index in [0.717, 1.165) is 24.0 Å². The number of carboxylic acids is 1. The fraction of sp³-hybridized carbons (Fsp3) is 0.800. The van der Waals surface area contributed by atoms with Gasteiger partial charge in [0.1, 0.15) is 5.75 Å². The van der Waals surface area contributed by atoms with Crippen LogP contribution in [-0.2, 0) is 15.6 Å². The van der Waals surface area contributed by atoms with Crippen molar-refractivity contribution in [3.05, 3.63) is 28.8 Å². The molecule has 1 unspecified atom stereocenters. The van der Waals surface area contributed by atoms with Crippen molar-refractivity contribution in [2.45, 2.75) is 181 Å². The minimum Gasteiger partial charge on any atom is -0.507 e. The molecule has 1 rings (SSSR count). The Bertz CT molecular complexity index is 746. The van der Waals surface area contributed by atoms with E-state index < -0.39 is 5.97 Å². The summed E-state index contributed by atoms with van der Waals surface area (Å²) in [5, 5.41) is 20.5. The summed E-state index contributed by atoms with van der Waals surface area (Å²) in [6.07, 6.45) is 22.2. The van der Waals surface area contributed by atoms with Gasteiger partial charge in [-0.2, -0.15) is 0 Å². The lowest BCUT2D eigenvalue weighted by atomic mass is 9.76. The molecule has 0 heterocycles. The Hall–Kier alpha value is -1.51. The first-order valence-corrected chi connectivity index (χ1v) is 16.0. The third kappa shape index (κ3) is 14.0. The second-order valence-corrected chi connectivity index (χ2v) is 13.8. The highest BCUT2D eigenvalue weighted by Gasteiger charge is 2.28. The average Bonchev–Trinajstić information content (AvgIpc) is 2.82. The number of benzene rings is 1. The van der Waals surface area contributed by atoms with E-state index in [1.165, 1.54) is 95.5 Å². The lowest BCUT2D eigenvalue weighted by molar-refractivity contribution is -0.137. The van der Waals surface area contributed by atoms with E-state index in [1.807, 2.05) is 0 Å². The van der Waals surface area contributed by atoms with Gasteiger partial charge in [0.15, 0.2) is 0 Å². The van der Waals surface area contributed by atoms with Gasteiger partial charge in [0, 0.05) is 6.42 Å². The minimum absolute atomic E-state index is 0.175. The number of aromatic hydroxyl groups is 1. The van der Waals surface area contributed by atoms with Crippen LogP contribution in [0.2, 0.25) is 0 Å². The summed E-state index contributed by atoms with van der Waals surface area (Å²) in [6, 6.07) is 4.31. The SMILES string of the molecule is CCCCCCCCCCCCCCCCCC(CCC(=O)O)c1cc(C(C)(C)C)c(O)c(C(C)(C)C)c1. The normalized spacial score (nSPS) is 13.1. The molecule has 0 saturated carbocycles. The topological polar surface area (TPSA) is 57.5 Å². The van der Waals surface area contributed by atoms with E-state index in [2.05, 4.69) is 60.6 Å². The van der Waals surface area contributed by atoms with Gasteiger partial charge in [0.25, 0.3) is 0 Å². The number of hydrogen-bond donors (Lipinski definition) is 2. The smallest absolute Gasteiger partial charge is 0.303 e. The molecular weight excluding hydrogens is 468 g/mol. The molecule has 38 heavy (non-hydrogen) atoms. The van der Waals surface area contributed by atoms with Gasteiger partial charge in [-0.05, 0) is 46.3 Å². The quantitative estimate of drug-likeness (QED) is 0.165. The third-order valence-electron chi connectivity index (χ3n) is 8.08. The molecule has 0 spiro atoms. The van der Waals surface area contributed by atoms with E-state index in [-0.39, 0.29) is 23.2 Å². The predicted octanol–water partition coefficient (Wildman–Crippen LogP) is 11.2. The van der Waals surface area contributed by atoms with Crippen LogP contribution < -0.4 is 0 Å². The molecule has 0 bridgehead atoms. The summed E-state index contributed by atoms with van der Waals surface area (Å²) >= 11 is 0. The zero-order chi connectivity index (χ0) is 28.6. The van der Waals surface area contributed by atoms with Crippen molar-refractivity contribution in [1.82, 2.24) is 0 Å². The maximum Gasteiger partial charge on any atom is 0.303 e. The molecule has 1 aromatic rings. The summed E-state index contributed by atoms with van der Waals surface area (Å²) < 4.78 is 0. The van der Waals surface area contributed by atoms with Crippen LogP contribution in [0.1, 0.15) is 187 Å². The zero-order valence-electron chi connectivity index (χ0n) is 26.3. The zero-order valence-corrected chi connectivity index (χ0v) is 26.3. The fourth-order valence-corrected chi connectivity index (χ4v) is 5.57. The molecule has 0 amide bonds. The summed E-state index contributed by atoms with van der Waals surface area (Å²) in [5.74, 6) is -0.106. The molecule has 3 nitrogen and oxygen atoms in total. The van der Waals surface area contributed by atoms with Gasteiger partial charge in [-0.15, -0.1) is 0 Å². The molecule has 0 aliphatic heterocycles. The monoisotopic (exact) mass is 530 g/mol. The van der Waals surface area contributed by atoms with E-state index >= 15 is 0 Å². The van der Waals surface area contributed by atoms with E-state index in [4.69, 9.17) is 0 Å². The molecule has 3 heteroatoms. The van der Waals surface area contributed by atoms with Crippen LogP contribution in [0.15, 0.2) is 12.1 Å². The van der Waals surface area contributed by atoms with Crippen LogP contribution in [-0.4, -0.2) is 16.2 Å². The molecule has 0 fully saturated rings. The van der Waals surface area contributed by atoms with Gasteiger partial charge in [0.05, 0.1) is 0 Å². The second kappa shape index (κ2) is 18.0. The maximum atomic E-state index is 11.4. The first kappa shape index (κ1) is 34.5. The number of aliphatic carboxylic acids is 1. The van der Waals surface area contributed by atoms with Crippen LogP contribution in [0, 0.1) is 0 Å². The number of carbonyl (C=O) groups is 1.